The Hall–Kier alpha value is -3.76. The molecule has 0 aliphatic heterocycles. The maximum absolute atomic E-state index is 12.8. The summed E-state index contributed by atoms with van der Waals surface area (Å²) in [6, 6.07) is 15.9. The van der Waals surface area contributed by atoms with Crippen LogP contribution in [-0.4, -0.2) is 17.2 Å². The predicted octanol–water partition coefficient (Wildman–Crippen LogP) is 7.46. The number of rotatable bonds is 5. The van der Waals surface area contributed by atoms with E-state index in [1.165, 1.54) is 47.9 Å². The Labute approximate surface area is 200 Å². The van der Waals surface area contributed by atoms with Crippen molar-refractivity contribution in [1.82, 2.24) is 5.43 Å². The highest BCUT2D eigenvalue weighted by atomic mass is 35.5. The Balaban J connectivity index is 1.48. The van der Waals surface area contributed by atoms with Gasteiger partial charge >= 0.3 is 6.18 Å². The summed E-state index contributed by atoms with van der Waals surface area (Å²) < 4.78 is 39.4. The quantitative estimate of drug-likeness (QED) is 0.168. The Kier molecular flexibility index (Phi) is 6.62. The van der Waals surface area contributed by atoms with Gasteiger partial charge in [-0.1, -0.05) is 35.9 Å². The number of carbonyl (C=O) groups is 1. The van der Waals surface area contributed by atoms with Crippen LogP contribution in [0, 0.1) is 0 Å². The molecule has 1 heterocycles. The summed E-state index contributed by atoms with van der Waals surface area (Å²) in [6.45, 7) is 0. The SMILES string of the molecule is O=C(N/N=C\c1cc(N=Nc2cccc(C(F)(F)F)c2)ccc1O)c1sc2ccccc2c1Cl. The normalized spacial score (nSPS) is 12.1. The first-order valence-electron chi connectivity index (χ1n) is 9.65. The summed E-state index contributed by atoms with van der Waals surface area (Å²) in [5.74, 6) is -0.654. The third kappa shape index (κ3) is 5.24. The fraction of sp³-hybridized carbons (Fsp3) is 0.0435. The van der Waals surface area contributed by atoms with Crippen LogP contribution in [0.15, 0.2) is 82.1 Å². The number of aromatic hydroxyl groups is 1. The Morgan fingerprint density at radius 3 is 2.47 bits per heavy atom. The van der Waals surface area contributed by atoms with E-state index in [-0.39, 0.29) is 22.7 Å². The van der Waals surface area contributed by atoms with E-state index in [2.05, 4.69) is 20.8 Å². The second kappa shape index (κ2) is 9.62. The van der Waals surface area contributed by atoms with Crippen LogP contribution in [0.2, 0.25) is 5.02 Å². The van der Waals surface area contributed by atoms with Gasteiger partial charge in [-0.15, -0.1) is 11.3 Å². The summed E-state index contributed by atoms with van der Waals surface area (Å²) in [4.78, 5) is 12.8. The average Bonchev–Trinajstić information content (AvgIpc) is 3.16. The van der Waals surface area contributed by atoms with Crippen LogP contribution >= 0.6 is 22.9 Å². The lowest BCUT2D eigenvalue weighted by molar-refractivity contribution is -0.137. The molecule has 0 unspecified atom stereocenters. The van der Waals surface area contributed by atoms with Crippen LogP contribution in [0.1, 0.15) is 20.8 Å². The third-order valence-electron chi connectivity index (χ3n) is 4.58. The number of phenolic OH excluding ortho intramolecular Hbond substituents is 1. The second-order valence-corrected chi connectivity index (χ2v) is 8.36. The minimum atomic E-state index is -4.49. The molecule has 0 saturated heterocycles. The number of thiophene rings is 1. The van der Waals surface area contributed by atoms with Gasteiger partial charge in [0.2, 0.25) is 0 Å². The zero-order valence-electron chi connectivity index (χ0n) is 17.0. The first-order valence-corrected chi connectivity index (χ1v) is 10.8. The molecule has 4 rings (SSSR count). The molecule has 1 aromatic heterocycles. The molecule has 0 bridgehead atoms. The smallest absolute Gasteiger partial charge is 0.416 e. The van der Waals surface area contributed by atoms with Gasteiger partial charge in [0.1, 0.15) is 10.6 Å². The topological polar surface area (TPSA) is 86.4 Å². The number of benzene rings is 3. The molecule has 0 fully saturated rings. The first kappa shape index (κ1) is 23.4. The van der Waals surface area contributed by atoms with Crippen LogP contribution in [0.25, 0.3) is 10.1 Å². The van der Waals surface area contributed by atoms with Gasteiger partial charge in [-0.25, -0.2) is 5.43 Å². The van der Waals surface area contributed by atoms with Gasteiger partial charge in [0.05, 0.1) is 28.2 Å². The summed E-state index contributed by atoms with van der Waals surface area (Å²) in [6.07, 6.45) is -3.28. The van der Waals surface area contributed by atoms with Gasteiger partial charge in [-0.3, -0.25) is 4.79 Å². The van der Waals surface area contributed by atoms with Crippen LogP contribution in [0.4, 0.5) is 24.5 Å². The third-order valence-corrected chi connectivity index (χ3v) is 6.25. The Morgan fingerprint density at radius 1 is 1.00 bits per heavy atom. The number of nitrogens with one attached hydrogen (secondary N) is 1. The number of halogens is 4. The van der Waals surface area contributed by atoms with E-state index in [9.17, 15) is 23.1 Å². The number of hydrogen-bond donors (Lipinski definition) is 2. The average molecular weight is 503 g/mol. The maximum atomic E-state index is 12.8. The van der Waals surface area contributed by atoms with Crippen molar-refractivity contribution in [2.24, 2.45) is 15.3 Å². The molecule has 34 heavy (non-hydrogen) atoms. The highest BCUT2D eigenvalue weighted by molar-refractivity contribution is 7.21. The molecule has 0 atom stereocenters. The van der Waals surface area contributed by atoms with Crippen molar-refractivity contribution in [2.45, 2.75) is 6.18 Å². The van der Waals surface area contributed by atoms with Crippen LogP contribution in [0.3, 0.4) is 0 Å². The van der Waals surface area contributed by atoms with Crippen molar-refractivity contribution in [1.29, 1.82) is 0 Å². The highest BCUT2D eigenvalue weighted by Crippen LogP contribution is 2.35. The first-order chi connectivity index (χ1) is 16.2. The fourth-order valence-corrected chi connectivity index (χ4v) is 4.35. The molecule has 0 aliphatic rings. The summed E-state index contributed by atoms with van der Waals surface area (Å²) in [5, 5.41) is 22.7. The van der Waals surface area contributed by atoms with E-state index < -0.39 is 17.6 Å². The fourth-order valence-electron chi connectivity index (χ4n) is 2.94. The van der Waals surface area contributed by atoms with Crippen molar-refractivity contribution in [3.8, 4) is 5.75 Å². The number of azo groups is 1. The van der Waals surface area contributed by atoms with Crippen molar-refractivity contribution in [3.05, 3.63) is 87.8 Å². The molecule has 0 aliphatic carbocycles. The van der Waals surface area contributed by atoms with Crippen molar-refractivity contribution < 1.29 is 23.1 Å². The molecule has 1 amide bonds. The predicted molar refractivity (Wildman–Crippen MR) is 126 cm³/mol. The minimum Gasteiger partial charge on any atom is -0.507 e. The molecular formula is C23H14ClF3N4O2S. The van der Waals surface area contributed by atoms with Crippen molar-refractivity contribution in [3.63, 3.8) is 0 Å². The summed E-state index contributed by atoms with van der Waals surface area (Å²) >= 11 is 7.51. The number of phenols is 1. The van der Waals surface area contributed by atoms with E-state index in [4.69, 9.17) is 11.6 Å². The van der Waals surface area contributed by atoms with Crippen LogP contribution < -0.4 is 5.43 Å². The number of hydrogen-bond acceptors (Lipinski definition) is 6. The monoisotopic (exact) mass is 502 g/mol. The van der Waals surface area contributed by atoms with Gasteiger partial charge in [-0.2, -0.15) is 28.5 Å². The van der Waals surface area contributed by atoms with Crippen molar-refractivity contribution in [2.75, 3.05) is 0 Å². The molecule has 0 saturated carbocycles. The lowest BCUT2D eigenvalue weighted by atomic mass is 10.2. The van der Waals surface area contributed by atoms with E-state index >= 15 is 0 Å². The molecule has 6 nitrogen and oxygen atoms in total. The Morgan fingerprint density at radius 2 is 1.74 bits per heavy atom. The van der Waals surface area contributed by atoms with E-state index in [0.717, 1.165) is 22.2 Å². The van der Waals surface area contributed by atoms with Gasteiger partial charge in [0, 0.05) is 15.6 Å². The number of amides is 1. The number of nitrogens with zero attached hydrogens (tertiary/aromatic N) is 3. The molecular weight excluding hydrogens is 489 g/mol. The Bertz CT molecular complexity index is 1430. The zero-order valence-corrected chi connectivity index (χ0v) is 18.6. The lowest BCUT2D eigenvalue weighted by Gasteiger charge is -2.06. The van der Waals surface area contributed by atoms with Crippen molar-refractivity contribution >= 4 is 56.5 Å². The standard InChI is InChI=1S/C23H14ClF3N4O2S/c24-20-17-6-1-2-7-19(17)34-21(20)22(33)31-28-12-13-10-16(8-9-18(13)32)30-29-15-5-3-4-14(11-15)23(25,26)27/h1-12,32H,(H,31,33)/b28-12-,30-29?. The highest BCUT2D eigenvalue weighted by Gasteiger charge is 2.30. The molecule has 0 radical (unpaired) electrons. The number of carbonyl (C=O) groups excluding carboxylic acids is 1. The van der Waals surface area contributed by atoms with Crippen LogP contribution in [0.5, 0.6) is 5.75 Å². The largest absolute Gasteiger partial charge is 0.507 e. The molecule has 172 valence electrons. The lowest BCUT2D eigenvalue weighted by Crippen LogP contribution is -2.16. The number of alkyl halides is 3. The van der Waals surface area contributed by atoms with Gasteiger partial charge in [0.25, 0.3) is 5.91 Å². The van der Waals surface area contributed by atoms with Gasteiger partial charge in [0.15, 0.2) is 0 Å². The molecule has 3 aromatic carbocycles. The van der Waals surface area contributed by atoms with E-state index in [1.807, 2.05) is 24.3 Å². The van der Waals surface area contributed by atoms with Gasteiger partial charge in [-0.05, 0) is 42.5 Å². The summed E-state index contributed by atoms with van der Waals surface area (Å²) in [5.41, 5.74) is 2.01. The summed E-state index contributed by atoms with van der Waals surface area (Å²) in [7, 11) is 0. The second-order valence-electron chi connectivity index (χ2n) is 6.93. The van der Waals surface area contributed by atoms with E-state index in [1.54, 1.807) is 0 Å². The molecule has 0 spiro atoms. The number of fused-ring (bicyclic) bond motifs is 1. The van der Waals surface area contributed by atoms with E-state index in [0.29, 0.717) is 9.90 Å². The maximum Gasteiger partial charge on any atom is 0.416 e. The zero-order chi connectivity index (χ0) is 24.3. The number of hydrazone groups is 1. The molecule has 4 aromatic rings. The van der Waals surface area contributed by atoms with Gasteiger partial charge < -0.3 is 5.11 Å². The molecule has 11 heteroatoms. The van der Waals surface area contributed by atoms with Crippen LogP contribution in [-0.2, 0) is 6.18 Å². The molecule has 2 N–H and O–H groups in total. The minimum absolute atomic E-state index is 0.0191.